The van der Waals surface area contributed by atoms with Crippen molar-refractivity contribution in [1.29, 1.82) is 0 Å². The Balaban J connectivity index is 2.43. The number of aryl methyl sites for hydroxylation is 1. The van der Waals surface area contributed by atoms with Gasteiger partial charge >= 0.3 is 6.18 Å². The number of benzene rings is 2. The zero-order valence-electron chi connectivity index (χ0n) is 16.4. The molecule has 0 radical (unpaired) electrons. The zero-order chi connectivity index (χ0) is 22.3. The Kier molecular flexibility index (Phi) is 5.86. The molecule has 2 atom stereocenters. The fourth-order valence-electron chi connectivity index (χ4n) is 3.32. The van der Waals surface area contributed by atoms with Crippen LogP contribution in [0.15, 0.2) is 48.5 Å². The molecule has 0 saturated carbocycles. The third-order valence-corrected chi connectivity index (χ3v) is 5.05. The Morgan fingerprint density at radius 2 is 1.80 bits per heavy atom. The summed E-state index contributed by atoms with van der Waals surface area (Å²) >= 11 is 5.98. The maximum Gasteiger partial charge on any atom is 0.439 e. The predicted octanol–water partition coefficient (Wildman–Crippen LogP) is 4.98. The van der Waals surface area contributed by atoms with E-state index in [1.54, 1.807) is 25.1 Å². The quantitative estimate of drug-likeness (QED) is 0.548. The van der Waals surface area contributed by atoms with E-state index in [0.717, 1.165) is 6.92 Å². The highest BCUT2D eigenvalue weighted by Gasteiger charge is 2.62. The molecule has 0 saturated heterocycles. The molecule has 3 rings (SSSR count). The number of aliphatic hydroxyl groups excluding tert-OH is 1. The van der Waals surface area contributed by atoms with Crippen molar-refractivity contribution in [1.82, 2.24) is 4.98 Å². The number of fused-ring (bicyclic) bond motifs is 1. The van der Waals surface area contributed by atoms with E-state index in [0.29, 0.717) is 21.5 Å². The summed E-state index contributed by atoms with van der Waals surface area (Å²) in [4.78, 5) is 4.97. The first-order valence-corrected chi connectivity index (χ1v) is 9.35. The van der Waals surface area contributed by atoms with Gasteiger partial charge in [0.15, 0.2) is 0 Å². The number of hydrogen-bond acceptors (Lipinski definition) is 5. The average molecular weight is 441 g/mol. The molecule has 1 aromatic heterocycles. The maximum absolute atomic E-state index is 14.2. The maximum atomic E-state index is 14.2. The van der Waals surface area contributed by atoms with Gasteiger partial charge in [0.05, 0.1) is 24.0 Å². The number of aliphatic hydroxyl groups is 2. The zero-order valence-corrected chi connectivity index (χ0v) is 17.2. The molecule has 1 heterocycles. The van der Waals surface area contributed by atoms with E-state index in [-0.39, 0.29) is 22.1 Å². The lowest BCUT2D eigenvalue weighted by atomic mass is 10.0. The van der Waals surface area contributed by atoms with Gasteiger partial charge < -0.3 is 14.9 Å². The summed E-state index contributed by atoms with van der Waals surface area (Å²) in [5.41, 5.74) is -2.71. The molecule has 0 bridgehead atoms. The first-order chi connectivity index (χ1) is 14.0. The van der Waals surface area contributed by atoms with Gasteiger partial charge in [-0.25, -0.2) is 0 Å². The second-order valence-corrected chi connectivity index (χ2v) is 7.28. The van der Waals surface area contributed by atoms with Gasteiger partial charge in [0.1, 0.15) is 11.9 Å². The van der Waals surface area contributed by atoms with Crippen LogP contribution in [0.4, 0.5) is 24.5 Å². The number of anilines is 2. The summed E-state index contributed by atoms with van der Waals surface area (Å²) in [6.45, 7) is 2.63. The number of methoxy groups -OCH3 is 1. The minimum Gasteiger partial charge on any atom is -0.495 e. The van der Waals surface area contributed by atoms with Gasteiger partial charge in [-0.15, -0.1) is 0 Å². The molecule has 3 aromatic rings. The molecule has 0 aliphatic heterocycles. The van der Waals surface area contributed by atoms with Crippen LogP contribution in [0.3, 0.4) is 0 Å². The molecule has 160 valence electrons. The molecule has 2 aromatic carbocycles. The molecule has 0 fully saturated rings. The molecule has 0 spiro atoms. The standard InChI is InChI=1S/C21H20ClF3N2O3/c1-12-7-9-15-16(26-12)5-4-6-17(15)27(20(29,13(2)28)21(23,24)25)18-10-8-14(22)11-19(18)30-3/h4-11,13,28-29H,1-3H3/t13?,20-/m1/s1. The monoisotopic (exact) mass is 440 g/mol. The van der Waals surface area contributed by atoms with Gasteiger partial charge in [-0.2, -0.15) is 13.2 Å². The number of ether oxygens (including phenoxy) is 1. The van der Waals surface area contributed by atoms with Gasteiger partial charge in [-0.3, -0.25) is 9.88 Å². The Labute approximate surface area is 176 Å². The number of nitrogens with zero attached hydrogens (tertiary/aromatic N) is 2. The first-order valence-electron chi connectivity index (χ1n) is 8.98. The summed E-state index contributed by atoms with van der Waals surface area (Å²) in [6.07, 6.45) is -7.45. The summed E-state index contributed by atoms with van der Waals surface area (Å²) in [5, 5.41) is 21.7. The molecular formula is C21H20ClF3N2O3. The van der Waals surface area contributed by atoms with Crippen LogP contribution < -0.4 is 9.64 Å². The molecular weight excluding hydrogens is 421 g/mol. The van der Waals surface area contributed by atoms with Crippen molar-refractivity contribution in [2.45, 2.75) is 31.9 Å². The molecule has 30 heavy (non-hydrogen) atoms. The van der Waals surface area contributed by atoms with Crippen molar-refractivity contribution in [3.63, 3.8) is 0 Å². The summed E-state index contributed by atoms with van der Waals surface area (Å²) in [5.74, 6) is -0.0112. The fraction of sp³-hybridized carbons (Fsp3) is 0.286. The highest BCUT2D eigenvalue weighted by atomic mass is 35.5. The third-order valence-electron chi connectivity index (χ3n) is 4.81. The number of halogens is 4. The molecule has 0 amide bonds. The largest absolute Gasteiger partial charge is 0.495 e. The molecule has 0 aliphatic rings. The van der Waals surface area contributed by atoms with Crippen LogP contribution in [0, 0.1) is 6.92 Å². The van der Waals surface area contributed by atoms with Crippen molar-refractivity contribution < 1.29 is 28.1 Å². The molecule has 5 nitrogen and oxygen atoms in total. The van der Waals surface area contributed by atoms with E-state index in [9.17, 15) is 23.4 Å². The number of rotatable bonds is 5. The van der Waals surface area contributed by atoms with E-state index in [4.69, 9.17) is 16.3 Å². The molecule has 1 unspecified atom stereocenters. The SMILES string of the molecule is COc1cc(Cl)ccc1N(c1cccc2nc(C)ccc12)[C@@](O)(C(C)O)C(F)(F)F. The molecule has 0 aliphatic carbocycles. The lowest BCUT2D eigenvalue weighted by Gasteiger charge is -2.44. The fourth-order valence-corrected chi connectivity index (χ4v) is 3.48. The Hall–Kier alpha value is -2.55. The predicted molar refractivity (Wildman–Crippen MR) is 109 cm³/mol. The van der Waals surface area contributed by atoms with Gasteiger partial charge in [0.2, 0.25) is 0 Å². The summed E-state index contributed by atoms with van der Waals surface area (Å²) in [7, 11) is 1.27. The third kappa shape index (κ3) is 3.66. The van der Waals surface area contributed by atoms with Crippen molar-refractivity contribution in [2.75, 3.05) is 12.0 Å². The Bertz CT molecular complexity index is 1080. The van der Waals surface area contributed by atoms with Crippen LogP contribution in [-0.4, -0.2) is 40.3 Å². The number of alkyl halides is 3. The molecule has 9 heteroatoms. The topological polar surface area (TPSA) is 65.8 Å². The van der Waals surface area contributed by atoms with Crippen molar-refractivity contribution in [2.24, 2.45) is 0 Å². The van der Waals surface area contributed by atoms with Gasteiger partial charge in [-0.05, 0) is 50.2 Å². The van der Waals surface area contributed by atoms with Crippen molar-refractivity contribution in [3.8, 4) is 5.75 Å². The van der Waals surface area contributed by atoms with Crippen LogP contribution in [-0.2, 0) is 0 Å². The van der Waals surface area contributed by atoms with Crippen LogP contribution in [0.5, 0.6) is 5.75 Å². The minimum atomic E-state index is -5.23. The van der Waals surface area contributed by atoms with Crippen LogP contribution in [0.25, 0.3) is 10.9 Å². The Morgan fingerprint density at radius 3 is 2.40 bits per heavy atom. The summed E-state index contributed by atoms with van der Waals surface area (Å²) in [6, 6.07) is 11.8. The van der Waals surface area contributed by atoms with Crippen LogP contribution in [0.2, 0.25) is 5.02 Å². The van der Waals surface area contributed by atoms with Crippen LogP contribution in [0.1, 0.15) is 12.6 Å². The average Bonchev–Trinajstić information content (AvgIpc) is 2.67. The van der Waals surface area contributed by atoms with E-state index in [1.807, 2.05) is 0 Å². The number of hydrogen-bond donors (Lipinski definition) is 2. The van der Waals surface area contributed by atoms with E-state index >= 15 is 0 Å². The van der Waals surface area contributed by atoms with Crippen molar-refractivity contribution >= 4 is 33.9 Å². The normalized spacial score (nSPS) is 15.0. The number of pyridine rings is 1. The molecule has 2 N–H and O–H groups in total. The second-order valence-electron chi connectivity index (χ2n) is 6.85. The van der Waals surface area contributed by atoms with Crippen molar-refractivity contribution in [3.05, 3.63) is 59.2 Å². The lowest BCUT2D eigenvalue weighted by Crippen LogP contribution is -2.64. The number of aromatic nitrogens is 1. The Morgan fingerprint density at radius 1 is 1.10 bits per heavy atom. The van der Waals surface area contributed by atoms with Crippen LogP contribution >= 0.6 is 11.6 Å². The summed E-state index contributed by atoms with van der Waals surface area (Å²) < 4.78 is 47.9. The minimum absolute atomic E-state index is 0.0112. The highest BCUT2D eigenvalue weighted by Crippen LogP contribution is 2.48. The highest BCUT2D eigenvalue weighted by molar-refractivity contribution is 6.30. The van der Waals surface area contributed by atoms with E-state index in [2.05, 4.69) is 4.98 Å². The lowest BCUT2D eigenvalue weighted by molar-refractivity contribution is -0.284. The van der Waals surface area contributed by atoms with Gasteiger partial charge in [0, 0.05) is 22.2 Å². The van der Waals surface area contributed by atoms with Gasteiger partial charge in [0.25, 0.3) is 5.72 Å². The van der Waals surface area contributed by atoms with E-state index in [1.165, 1.54) is 37.4 Å². The first kappa shape index (κ1) is 22.1. The second kappa shape index (κ2) is 7.94. The smallest absolute Gasteiger partial charge is 0.439 e. The van der Waals surface area contributed by atoms with Gasteiger partial charge in [-0.1, -0.05) is 17.7 Å². The van der Waals surface area contributed by atoms with E-state index < -0.39 is 18.0 Å².